The van der Waals surface area contributed by atoms with E-state index in [0.717, 1.165) is 0 Å². The number of hydrogen-bond acceptors (Lipinski definition) is 6. The molecule has 8 nitrogen and oxygen atoms in total. The fourth-order valence-corrected chi connectivity index (χ4v) is 1.45. The van der Waals surface area contributed by atoms with Crippen LogP contribution in [0.15, 0.2) is 18.2 Å². The molecule has 0 atom stereocenters. The molecule has 8 heteroatoms. The number of carboxylic acid groups (broad SMARTS) is 1. The maximum atomic E-state index is 11.5. The number of hydrogen-bond donors (Lipinski definition) is 3. The highest BCUT2D eigenvalue weighted by Crippen LogP contribution is 2.30. The molecule has 1 amide bonds. The van der Waals surface area contributed by atoms with Crippen LogP contribution in [0.25, 0.3) is 0 Å². The monoisotopic (exact) mass is 299 g/mol. The molecule has 0 heterocycles. The van der Waals surface area contributed by atoms with Crippen molar-refractivity contribution in [3.63, 3.8) is 0 Å². The van der Waals surface area contributed by atoms with Crippen LogP contribution in [-0.4, -0.2) is 55.6 Å². The molecule has 116 valence electrons. The van der Waals surface area contributed by atoms with Gasteiger partial charge in [0.15, 0.2) is 11.5 Å². The summed E-state index contributed by atoms with van der Waals surface area (Å²) in [5.74, 6) is -0.805. The maximum Gasteiger partial charge on any atom is 0.329 e. The van der Waals surface area contributed by atoms with Crippen LogP contribution in [0.3, 0.4) is 0 Å². The number of rotatable bonds is 9. The van der Waals surface area contributed by atoms with Gasteiger partial charge in [0.2, 0.25) is 5.91 Å². The van der Waals surface area contributed by atoms with E-state index in [-0.39, 0.29) is 19.8 Å². The maximum absolute atomic E-state index is 11.5. The Kier molecular flexibility index (Phi) is 6.99. The highest BCUT2D eigenvalue weighted by Gasteiger charge is 2.09. The Balaban J connectivity index is 2.61. The highest BCUT2D eigenvalue weighted by molar-refractivity contribution is 5.92. The Labute approximate surface area is 121 Å². The third-order valence-corrected chi connectivity index (χ3v) is 2.25. The molecule has 0 aliphatic carbocycles. The molecule has 0 saturated heterocycles. The van der Waals surface area contributed by atoms with Gasteiger partial charge in [0.25, 0.3) is 0 Å². The number of benzene rings is 1. The van der Waals surface area contributed by atoms with Crippen LogP contribution in [0.2, 0.25) is 0 Å². The lowest BCUT2D eigenvalue weighted by molar-refractivity contribution is -0.143. The summed E-state index contributed by atoms with van der Waals surface area (Å²) in [6.45, 7) is -0.968. The Morgan fingerprint density at radius 1 is 1.24 bits per heavy atom. The van der Waals surface area contributed by atoms with Crippen molar-refractivity contribution < 1.29 is 34.0 Å². The normalized spacial score (nSPS) is 10.0. The van der Waals surface area contributed by atoms with Crippen LogP contribution in [0.1, 0.15) is 0 Å². The predicted molar refractivity (Wildman–Crippen MR) is 72.7 cm³/mol. The van der Waals surface area contributed by atoms with Crippen molar-refractivity contribution >= 4 is 17.6 Å². The molecule has 0 aliphatic heterocycles. The van der Waals surface area contributed by atoms with Gasteiger partial charge >= 0.3 is 5.97 Å². The van der Waals surface area contributed by atoms with Gasteiger partial charge in [-0.05, 0) is 12.1 Å². The summed E-state index contributed by atoms with van der Waals surface area (Å²) < 4.78 is 15.0. The number of nitrogens with one attached hydrogen (secondary N) is 1. The largest absolute Gasteiger partial charge is 0.493 e. The van der Waals surface area contributed by atoms with E-state index < -0.39 is 18.5 Å². The van der Waals surface area contributed by atoms with E-state index in [1.807, 2.05) is 0 Å². The molecule has 0 bridgehead atoms. The second-order valence-corrected chi connectivity index (χ2v) is 3.87. The number of aliphatic carboxylic acids is 1. The van der Waals surface area contributed by atoms with Crippen LogP contribution in [0.4, 0.5) is 5.69 Å². The van der Waals surface area contributed by atoms with Crippen LogP contribution >= 0.6 is 0 Å². The molecule has 3 N–H and O–H groups in total. The van der Waals surface area contributed by atoms with Gasteiger partial charge in [-0.25, -0.2) is 4.79 Å². The van der Waals surface area contributed by atoms with Crippen LogP contribution in [0.5, 0.6) is 11.5 Å². The molecule has 21 heavy (non-hydrogen) atoms. The fraction of sp³-hybridized carbons (Fsp3) is 0.385. The topological polar surface area (TPSA) is 114 Å². The number of carbonyl (C=O) groups is 2. The van der Waals surface area contributed by atoms with Gasteiger partial charge < -0.3 is 29.7 Å². The molecule has 1 rings (SSSR count). The van der Waals surface area contributed by atoms with Crippen molar-refractivity contribution in [2.24, 2.45) is 0 Å². The average Bonchev–Trinajstić information content (AvgIpc) is 2.44. The number of methoxy groups -OCH3 is 1. The molecule has 0 aromatic heterocycles. The number of anilines is 1. The van der Waals surface area contributed by atoms with Gasteiger partial charge in [-0.1, -0.05) is 0 Å². The minimum atomic E-state index is -1.15. The van der Waals surface area contributed by atoms with Gasteiger partial charge in [0, 0.05) is 11.8 Å². The van der Waals surface area contributed by atoms with Crippen molar-refractivity contribution in [1.29, 1.82) is 0 Å². The molecular formula is C13H17NO7. The third kappa shape index (κ3) is 6.11. The molecule has 0 spiro atoms. The summed E-state index contributed by atoms with van der Waals surface area (Å²) in [6, 6.07) is 4.73. The van der Waals surface area contributed by atoms with Crippen molar-refractivity contribution in [2.45, 2.75) is 0 Å². The second kappa shape index (κ2) is 8.77. The summed E-state index contributed by atoms with van der Waals surface area (Å²) in [7, 11) is 1.47. The Morgan fingerprint density at radius 2 is 2.00 bits per heavy atom. The molecule has 0 saturated carbocycles. The zero-order valence-electron chi connectivity index (χ0n) is 11.5. The van der Waals surface area contributed by atoms with Crippen LogP contribution < -0.4 is 14.8 Å². The van der Waals surface area contributed by atoms with E-state index >= 15 is 0 Å². The molecule has 0 radical (unpaired) electrons. The van der Waals surface area contributed by atoms with E-state index in [0.29, 0.717) is 17.2 Å². The molecule has 0 unspecified atom stereocenters. The highest BCUT2D eigenvalue weighted by atomic mass is 16.5. The Morgan fingerprint density at radius 3 is 2.62 bits per heavy atom. The SMILES string of the molecule is COc1ccc(NC(=O)COCC(=O)O)cc1OCCO. The second-order valence-electron chi connectivity index (χ2n) is 3.87. The quantitative estimate of drug-likeness (QED) is 0.592. The van der Waals surface area contributed by atoms with Crippen molar-refractivity contribution in [3.05, 3.63) is 18.2 Å². The zero-order valence-corrected chi connectivity index (χ0v) is 11.5. The van der Waals surface area contributed by atoms with Crippen LogP contribution in [0, 0.1) is 0 Å². The molecule has 1 aromatic carbocycles. The van der Waals surface area contributed by atoms with E-state index in [4.69, 9.17) is 19.7 Å². The van der Waals surface area contributed by atoms with Gasteiger partial charge in [-0.2, -0.15) is 0 Å². The smallest absolute Gasteiger partial charge is 0.329 e. The number of carbonyl (C=O) groups excluding carboxylic acids is 1. The van der Waals surface area contributed by atoms with E-state index in [1.165, 1.54) is 13.2 Å². The first-order valence-electron chi connectivity index (χ1n) is 6.08. The minimum absolute atomic E-state index is 0.0927. The molecule has 0 aliphatic rings. The lowest BCUT2D eigenvalue weighted by Gasteiger charge is -2.12. The standard InChI is InChI=1S/C13H17NO7/c1-19-10-3-2-9(6-11(10)21-5-4-15)14-12(16)7-20-8-13(17)18/h2-3,6,15H,4-5,7-8H2,1H3,(H,14,16)(H,17,18). The lowest BCUT2D eigenvalue weighted by Crippen LogP contribution is -2.20. The number of carboxylic acids is 1. The number of aliphatic hydroxyl groups is 1. The molecule has 1 aromatic rings. The average molecular weight is 299 g/mol. The van der Waals surface area contributed by atoms with Gasteiger partial charge in [-0.15, -0.1) is 0 Å². The van der Waals surface area contributed by atoms with E-state index in [2.05, 4.69) is 10.1 Å². The first kappa shape index (κ1) is 16.7. The first-order chi connectivity index (χ1) is 10.1. The summed E-state index contributed by atoms with van der Waals surface area (Å²) >= 11 is 0. The van der Waals surface area contributed by atoms with Crippen molar-refractivity contribution in [2.75, 3.05) is 38.9 Å². The predicted octanol–water partition coefficient (Wildman–Crippen LogP) is 0.106. The van der Waals surface area contributed by atoms with Gasteiger partial charge in [0.1, 0.15) is 19.8 Å². The summed E-state index contributed by atoms with van der Waals surface area (Å²) in [4.78, 5) is 21.8. The number of amides is 1. The number of aliphatic hydroxyl groups excluding tert-OH is 1. The first-order valence-corrected chi connectivity index (χ1v) is 6.08. The summed E-state index contributed by atoms with van der Waals surface area (Å²) in [6.07, 6.45) is 0. The number of ether oxygens (including phenoxy) is 3. The summed E-state index contributed by atoms with van der Waals surface area (Å²) in [5, 5.41) is 19.7. The minimum Gasteiger partial charge on any atom is -0.493 e. The van der Waals surface area contributed by atoms with Crippen molar-refractivity contribution in [3.8, 4) is 11.5 Å². The lowest BCUT2D eigenvalue weighted by atomic mass is 10.2. The van der Waals surface area contributed by atoms with Crippen LogP contribution in [-0.2, 0) is 14.3 Å². The Bertz CT molecular complexity index is 489. The summed E-state index contributed by atoms with van der Waals surface area (Å²) in [5.41, 5.74) is 0.438. The van der Waals surface area contributed by atoms with E-state index in [9.17, 15) is 9.59 Å². The van der Waals surface area contributed by atoms with Crippen molar-refractivity contribution in [1.82, 2.24) is 0 Å². The zero-order chi connectivity index (χ0) is 15.7. The molecular weight excluding hydrogens is 282 g/mol. The Hall–Kier alpha value is -2.32. The van der Waals surface area contributed by atoms with E-state index in [1.54, 1.807) is 12.1 Å². The third-order valence-electron chi connectivity index (χ3n) is 2.25. The van der Waals surface area contributed by atoms with Gasteiger partial charge in [0.05, 0.1) is 13.7 Å². The molecule has 0 fully saturated rings. The fourth-order valence-electron chi connectivity index (χ4n) is 1.45. The van der Waals surface area contributed by atoms with Gasteiger partial charge in [-0.3, -0.25) is 4.79 Å².